The quantitative estimate of drug-likeness (QED) is 0.709. The molecule has 0 aliphatic heterocycles. The summed E-state index contributed by atoms with van der Waals surface area (Å²) in [5.74, 6) is -0.144. The molecule has 1 aromatic heterocycles. The molecule has 1 aromatic rings. The molecule has 0 aliphatic carbocycles. The predicted octanol–water partition coefficient (Wildman–Crippen LogP) is 0.824. The van der Waals surface area contributed by atoms with E-state index >= 15 is 0 Å². The van der Waals surface area contributed by atoms with Gasteiger partial charge < -0.3 is 5.32 Å². The second kappa shape index (κ2) is 3.38. The number of hydrogen-bond acceptors (Lipinski definition) is 2. The number of aromatic nitrogens is 2. The molecule has 1 rings (SSSR count). The number of carbonyl (C=O) groups is 1. The third-order valence-corrected chi connectivity index (χ3v) is 1.60. The van der Waals surface area contributed by atoms with E-state index in [9.17, 15) is 4.79 Å². The Balaban J connectivity index is 2.84. The molecule has 4 heteroatoms. The lowest BCUT2D eigenvalue weighted by Crippen LogP contribution is -2.18. The van der Waals surface area contributed by atoms with Gasteiger partial charge in [0, 0.05) is 19.3 Å². The molecular weight excluding hydrogens is 154 g/mol. The second-order valence-electron chi connectivity index (χ2n) is 2.85. The normalized spacial score (nSPS) is 10.3. The van der Waals surface area contributed by atoms with Gasteiger partial charge in [0.15, 0.2) is 0 Å². The van der Waals surface area contributed by atoms with E-state index in [-0.39, 0.29) is 5.91 Å². The van der Waals surface area contributed by atoms with Crippen molar-refractivity contribution in [3.05, 3.63) is 18.0 Å². The Hall–Kier alpha value is -1.32. The molecule has 0 atom stereocenters. The third-order valence-electron chi connectivity index (χ3n) is 1.60. The number of amides is 1. The number of nitrogens with one attached hydrogen (secondary N) is 1. The highest BCUT2D eigenvalue weighted by Crippen LogP contribution is 2.03. The van der Waals surface area contributed by atoms with Gasteiger partial charge in [-0.3, -0.25) is 9.48 Å². The summed E-state index contributed by atoms with van der Waals surface area (Å²) in [4.78, 5) is 11.1. The zero-order valence-corrected chi connectivity index (χ0v) is 7.53. The van der Waals surface area contributed by atoms with Crippen LogP contribution in [0.1, 0.15) is 30.4 Å². The molecular formula is C8H13N3O. The van der Waals surface area contributed by atoms with E-state index in [1.165, 1.54) is 0 Å². The van der Waals surface area contributed by atoms with Gasteiger partial charge >= 0.3 is 0 Å². The van der Waals surface area contributed by atoms with Crippen molar-refractivity contribution in [3.8, 4) is 0 Å². The second-order valence-corrected chi connectivity index (χ2v) is 2.85. The lowest BCUT2D eigenvalue weighted by atomic mass is 10.4. The standard InChI is InChI=1S/C8H13N3O/c1-6(2)11-5-4-7(10-11)8(12)9-3/h4-6H,1-3H3,(H,9,12). The first-order valence-electron chi connectivity index (χ1n) is 3.92. The Morgan fingerprint density at radius 1 is 1.67 bits per heavy atom. The maximum atomic E-state index is 11.1. The SMILES string of the molecule is CNC(=O)c1ccn(C(C)C)n1. The Bertz CT molecular complexity index is 278. The minimum Gasteiger partial charge on any atom is -0.354 e. The minimum atomic E-state index is -0.144. The van der Waals surface area contributed by atoms with Crippen LogP contribution in [0.15, 0.2) is 12.3 Å². The van der Waals surface area contributed by atoms with Crippen molar-refractivity contribution >= 4 is 5.91 Å². The molecule has 0 spiro atoms. The number of hydrogen-bond donors (Lipinski definition) is 1. The molecule has 0 aliphatic rings. The highest BCUT2D eigenvalue weighted by molar-refractivity contribution is 5.91. The summed E-state index contributed by atoms with van der Waals surface area (Å²) in [5.41, 5.74) is 0.464. The van der Waals surface area contributed by atoms with Gasteiger partial charge in [-0.25, -0.2) is 0 Å². The van der Waals surface area contributed by atoms with Crippen LogP contribution in [-0.2, 0) is 0 Å². The van der Waals surface area contributed by atoms with Crippen LogP contribution in [0.4, 0.5) is 0 Å². The van der Waals surface area contributed by atoms with Gasteiger partial charge in [-0.05, 0) is 19.9 Å². The van der Waals surface area contributed by atoms with Crippen LogP contribution < -0.4 is 5.32 Å². The van der Waals surface area contributed by atoms with Gasteiger partial charge in [0.25, 0.3) is 5.91 Å². The summed E-state index contributed by atoms with van der Waals surface area (Å²) in [6.45, 7) is 4.03. The Morgan fingerprint density at radius 2 is 2.33 bits per heavy atom. The first-order chi connectivity index (χ1) is 5.65. The van der Waals surface area contributed by atoms with Crippen molar-refractivity contribution in [2.24, 2.45) is 0 Å². The molecule has 4 nitrogen and oxygen atoms in total. The zero-order valence-electron chi connectivity index (χ0n) is 7.53. The lowest BCUT2D eigenvalue weighted by molar-refractivity contribution is 0.0957. The van der Waals surface area contributed by atoms with E-state index in [1.807, 2.05) is 13.8 Å². The highest BCUT2D eigenvalue weighted by atomic mass is 16.1. The monoisotopic (exact) mass is 167 g/mol. The van der Waals surface area contributed by atoms with Crippen molar-refractivity contribution in [3.63, 3.8) is 0 Å². The highest BCUT2D eigenvalue weighted by Gasteiger charge is 2.07. The number of carbonyl (C=O) groups excluding carboxylic acids is 1. The Kier molecular flexibility index (Phi) is 2.47. The average Bonchev–Trinajstić information content (AvgIpc) is 2.51. The van der Waals surface area contributed by atoms with Gasteiger partial charge in [-0.2, -0.15) is 5.10 Å². The fraction of sp³-hybridized carbons (Fsp3) is 0.500. The zero-order chi connectivity index (χ0) is 9.14. The van der Waals surface area contributed by atoms with Gasteiger partial charge in [0.2, 0.25) is 0 Å². The van der Waals surface area contributed by atoms with Crippen LogP contribution in [0.3, 0.4) is 0 Å². The third kappa shape index (κ3) is 1.64. The molecule has 0 radical (unpaired) electrons. The lowest BCUT2D eigenvalue weighted by Gasteiger charge is -2.03. The summed E-state index contributed by atoms with van der Waals surface area (Å²) >= 11 is 0. The van der Waals surface area contributed by atoms with E-state index in [2.05, 4.69) is 10.4 Å². The van der Waals surface area contributed by atoms with Crippen molar-refractivity contribution in [2.45, 2.75) is 19.9 Å². The van der Waals surface area contributed by atoms with E-state index in [4.69, 9.17) is 0 Å². The van der Waals surface area contributed by atoms with E-state index in [1.54, 1.807) is 24.0 Å². The Labute approximate surface area is 71.6 Å². The molecule has 0 fully saturated rings. The van der Waals surface area contributed by atoms with Crippen molar-refractivity contribution in [1.82, 2.24) is 15.1 Å². The summed E-state index contributed by atoms with van der Waals surface area (Å²) in [5, 5.41) is 6.60. The van der Waals surface area contributed by atoms with Gasteiger partial charge in [0.05, 0.1) is 0 Å². The first kappa shape index (κ1) is 8.77. The van der Waals surface area contributed by atoms with Gasteiger partial charge in [-0.1, -0.05) is 0 Å². The first-order valence-corrected chi connectivity index (χ1v) is 3.92. The van der Waals surface area contributed by atoms with Crippen molar-refractivity contribution < 1.29 is 4.79 Å². The van der Waals surface area contributed by atoms with Crippen molar-refractivity contribution in [2.75, 3.05) is 7.05 Å². The van der Waals surface area contributed by atoms with Crippen molar-refractivity contribution in [1.29, 1.82) is 0 Å². The molecule has 1 heterocycles. The number of rotatable bonds is 2. The minimum absolute atomic E-state index is 0.144. The summed E-state index contributed by atoms with van der Waals surface area (Å²) in [7, 11) is 1.59. The largest absolute Gasteiger partial charge is 0.354 e. The fourth-order valence-electron chi connectivity index (χ4n) is 0.875. The molecule has 0 unspecified atom stereocenters. The van der Waals surface area contributed by atoms with Gasteiger partial charge in [0.1, 0.15) is 5.69 Å². The maximum Gasteiger partial charge on any atom is 0.271 e. The molecule has 1 N–H and O–H groups in total. The van der Waals surface area contributed by atoms with E-state index in [0.717, 1.165) is 0 Å². The fourth-order valence-corrected chi connectivity index (χ4v) is 0.875. The molecule has 0 saturated carbocycles. The summed E-state index contributed by atoms with van der Waals surface area (Å²) < 4.78 is 1.75. The molecule has 1 amide bonds. The molecule has 66 valence electrons. The molecule has 0 aromatic carbocycles. The smallest absolute Gasteiger partial charge is 0.271 e. The number of nitrogens with zero attached hydrogens (tertiary/aromatic N) is 2. The van der Waals surface area contributed by atoms with Crippen LogP contribution in [0.25, 0.3) is 0 Å². The van der Waals surface area contributed by atoms with E-state index in [0.29, 0.717) is 11.7 Å². The molecule has 0 saturated heterocycles. The molecule has 12 heavy (non-hydrogen) atoms. The van der Waals surface area contributed by atoms with Gasteiger partial charge in [-0.15, -0.1) is 0 Å². The summed E-state index contributed by atoms with van der Waals surface area (Å²) in [6, 6.07) is 2.00. The van der Waals surface area contributed by atoms with Crippen LogP contribution in [-0.4, -0.2) is 22.7 Å². The topological polar surface area (TPSA) is 46.9 Å². The predicted molar refractivity (Wildman–Crippen MR) is 46.0 cm³/mol. The van der Waals surface area contributed by atoms with Crippen LogP contribution in [0.2, 0.25) is 0 Å². The van der Waals surface area contributed by atoms with Crippen LogP contribution >= 0.6 is 0 Å². The van der Waals surface area contributed by atoms with Crippen LogP contribution in [0, 0.1) is 0 Å². The molecule has 0 bridgehead atoms. The Morgan fingerprint density at radius 3 is 2.75 bits per heavy atom. The maximum absolute atomic E-state index is 11.1. The summed E-state index contributed by atoms with van der Waals surface area (Å²) in [6.07, 6.45) is 1.80. The average molecular weight is 167 g/mol. The van der Waals surface area contributed by atoms with E-state index < -0.39 is 0 Å². The van der Waals surface area contributed by atoms with Crippen LogP contribution in [0.5, 0.6) is 0 Å².